The largest absolute Gasteiger partial charge is 0.372 e. The Morgan fingerprint density at radius 2 is 2.00 bits per heavy atom. The molecule has 2 heteroatoms. The van der Waals surface area contributed by atoms with Crippen LogP contribution in [0.5, 0.6) is 0 Å². The number of fused-ring (bicyclic) bond motifs is 4. The molecular weight excluding hydrogens is 234 g/mol. The maximum Gasteiger partial charge on any atom is 0.141 e. The summed E-state index contributed by atoms with van der Waals surface area (Å²) in [5.74, 6) is 1.20. The molecule has 2 aliphatic rings. The second-order valence-electron chi connectivity index (χ2n) is 5.75. The zero-order valence-corrected chi connectivity index (χ0v) is 12.0. The number of Topliss-reactive ketones (excluding diaryl/α,β-unsaturated/α-hetero) is 1. The number of carbonyl (C=O) groups excluding carboxylic acids is 1. The zero-order valence-electron chi connectivity index (χ0n) is 12.0. The fourth-order valence-electron chi connectivity index (χ4n) is 3.88. The molecule has 2 aliphatic carbocycles. The Hall–Kier alpha value is -1.31. The zero-order chi connectivity index (χ0) is 13.4. The van der Waals surface area contributed by atoms with Crippen LogP contribution in [0, 0.1) is 0 Å². The third-order valence-corrected chi connectivity index (χ3v) is 4.87. The topological polar surface area (TPSA) is 20.3 Å². The maximum absolute atomic E-state index is 12.4. The fourth-order valence-corrected chi connectivity index (χ4v) is 3.88. The number of hydrogen-bond acceptors (Lipinski definition) is 2. The molecule has 1 aromatic rings. The van der Waals surface area contributed by atoms with Crippen LogP contribution in [-0.4, -0.2) is 18.9 Å². The van der Waals surface area contributed by atoms with Crippen molar-refractivity contribution in [3.8, 4) is 0 Å². The summed E-state index contributed by atoms with van der Waals surface area (Å²) in [4.78, 5) is 14.8. The molecule has 0 amide bonds. The van der Waals surface area contributed by atoms with Gasteiger partial charge < -0.3 is 4.90 Å². The molecule has 1 saturated carbocycles. The first-order chi connectivity index (χ1) is 9.27. The summed E-state index contributed by atoms with van der Waals surface area (Å²) >= 11 is 0. The van der Waals surface area contributed by atoms with E-state index < -0.39 is 0 Å². The summed E-state index contributed by atoms with van der Waals surface area (Å²) < 4.78 is 0. The van der Waals surface area contributed by atoms with Gasteiger partial charge in [0.15, 0.2) is 0 Å². The summed E-state index contributed by atoms with van der Waals surface area (Å²) in [7, 11) is 0. The third-order valence-electron chi connectivity index (χ3n) is 4.87. The predicted molar refractivity (Wildman–Crippen MR) is 79.0 cm³/mol. The first-order valence-corrected chi connectivity index (χ1v) is 7.68. The molecule has 2 unspecified atom stereocenters. The molecule has 0 saturated heterocycles. The van der Waals surface area contributed by atoms with Gasteiger partial charge in [-0.1, -0.05) is 18.6 Å². The highest BCUT2D eigenvalue weighted by Gasteiger charge is 2.44. The highest BCUT2D eigenvalue weighted by atomic mass is 16.1. The van der Waals surface area contributed by atoms with E-state index in [1.807, 2.05) is 0 Å². The summed E-state index contributed by atoms with van der Waals surface area (Å²) in [5.41, 5.74) is 4.10. The fraction of sp³-hybridized carbons (Fsp3) is 0.588. The maximum atomic E-state index is 12.4. The number of carbonyl (C=O) groups is 1. The molecule has 2 atom stereocenters. The molecular formula is C17H23NO. The first-order valence-electron chi connectivity index (χ1n) is 7.68. The van der Waals surface area contributed by atoms with Crippen LogP contribution >= 0.6 is 0 Å². The number of ketones is 1. The molecule has 0 heterocycles. The molecule has 1 aromatic carbocycles. The Balaban J connectivity index is 2.04. The average Bonchev–Trinajstić information content (AvgIpc) is 2.56. The van der Waals surface area contributed by atoms with E-state index in [9.17, 15) is 4.79 Å². The Morgan fingerprint density at radius 1 is 1.21 bits per heavy atom. The lowest BCUT2D eigenvalue weighted by molar-refractivity contribution is -0.121. The van der Waals surface area contributed by atoms with E-state index in [0.717, 1.165) is 25.9 Å². The SMILES string of the molecule is CCN(CC)c1cccc2c1C1C(=O)CCCCC21. The second-order valence-corrected chi connectivity index (χ2v) is 5.75. The van der Waals surface area contributed by atoms with Crippen LogP contribution in [0.2, 0.25) is 0 Å². The van der Waals surface area contributed by atoms with Crippen molar-refractivity contribution in [3.05, 3.63) is 29.3 Å². The van der Waals surface area contributed by atoms with E-state index in [4.69, 9.17) is 0 Å². The Morgan fingerprint density at radius 3 is 2.74 bits per heavy atom. The molecule has 2 nitrogen and oxygen atoms in total. The van der Waals surface area contributed by atoms with E-state index in [2.05, 4.69) is 36.9 Å². The Kier molecular flexibility index (Phi) is 3.34. The average molecular weight is 257 g/mol. The van der Waals surface area contributed by atoms with Gasteiger partial charge in [-0.05, 0) is 49.8 Å². The van der Waals surface area contributed by atoms with E-state index in [1.54, 1.807) is 0 Å². The van der Waals surface area contributed by atoms with Gasteiger partial charge in [-0.25, -0.2) is 0 Å². The van der Waals surface area contributed by atoms with Crippen molar-refractivity contribution in [2.75, 3.05) is 18.0 Å². The number of rotatable bonds is 3. The van der Waals surface area contributed by atoms with Crippen molar-refractivity contribution >= 4 is 11.5 Å². The minimum Gasteiger partial charge on any atom is -0.372 e. The normalized spacial score (nSPS) is 25.1. The highest BCUT2D eigenvalue weighted by Crippen LogP contribution is 2.55. The number of nitrogens with zero attached hydrogens (tertiary/aromatic N) is 1. The van der Waals surface area contributed by atoms with Crippen LogP contribution in [0.15, 0.2) is 18.2 Å². The van der Waals surface area contributed by atoms with E-state index in [0.29, 0.717) is 11.7 Å². The standard InChI is InChI=1S/C17H23NO/c1-3-18(4-2)14-10-7-9-12-13-8-5-6-11-15(19)17(13)16(12)14/h7,9-10,13,17H,3-6,8,11H2,1-2H3. The molecule has 1 fully saturated rings. The van der Waals surface area contributed by atoms with E-state index in [-0.39, 0.29) is 5.92 Å². The minimum atomic E-state index is 0.203. The van der Waals surface area contributed by atoms with Gasteiger partial charge in [0.1, 0.15) is 5.78 Å². The van der Waals surface area contributed by atoms with Gasteiger partial charge >= 0.3 is 0 Å². The molecule has 0 aromatic heterocycles. The van der Waals surface area contributed by atoms with Crippen molar-refractivity contribution in [3.63, 3.8) is 0 Å². The molecule has 0 spiro atoms. The number of hydrogen-bond donors (Lipinski definition) is 0. The molecule has 3 rings (SSSR count). The summed E-state index contributed by atoms with van der Waals surface area (Å²) in [5, 5.41) is 0. The molecule has 0 bridgehead atoms. The van der Waals surface area contributed by atoms with Crippen LogP contribution in [0.1, 0.15) is 62.5 Å². The molecule has 102 valence electrons. The van der Waals surface area contributed by atoms with Gasteiger partial charge in [-0.15, -0.1) is 0 Å². The highest BCUT2D eigenvalue weighted by molar-refractivity contribution is 5.92. The van der Waals surface area contributed by atoms with Crippen LogP contribution in [0.25, 0.3) is 0 Å². The van der Waals surface area contributed by atoms with Crippen LogP contribution < -0.4 is 4.90 Å². The van der Waals surface area contributed by atoms with Crippen molar-refractivity contribution in [1.29, 1.82) is 0 Å². The van der Waals surface area contributed by atoms with E-state index >= 15 is 0 Å². The van der Waals surface area contributed by atoms with Crippen molar-refractivity contribution < 1.29 is 4.79 Å². The lowest BCUT2D eigenvalue weighted by Gasteiger charge is -2.41. The monoisotopic (exact) mass is 257 g/mol. The van der Waals surface area contributed by atoms with Crippen molar-refractivity contribution in [2.24, 2.45) is 0 Å². The van der Waals surface area contributed by atoms with Gasteiger partial charge in [0.2, 0.25) is 0 Å². The van der Waals surface area contributed by atoms with Crippen LogP contribution in [-0.2, 0) is 4.79 Å². The van der Waals surface area contributed by atoms with Gasteiger partial charge in [0, 0.05) is 25.2 Å². The number of benzene rings is 1. The predicted octanol–water partition coefficient (Wildman–Crippen LogP) is 3.86. The Bertz CT molecular complexity index is 490. The molecule has 0 N–H and O–H groups in total. The van der Waals surface area contributed by atoms with Gasteiger partial charge in [-0.2, -0.15) is 0 Å². The quantitative estimate of drug-likeness (QED) is 0.819. The molecule has 0 radical (unpaired) electrons. The van der Waals surface area contributed by atoms with E-state index in [1.165, 1.54) is 29.7 Å². The lowest BCUT2D eigenvalue weighted by Crippen LogP contribution is -2.33. The number of anilines is 1. The van der Waals surface area contributed by atoms with Gasteiger partial charge in [0.25, 0.3) is 0 Å². The van der Waals surface area contributed by atoms with Crippen LogP contribution in [0.3, 0.4) is 0 Å². The van der Waals surface area contributed by atoms with Gasteiger partial charge in [-0.3, -0.25) is 4.79 Å². The second kappa shape index (κ2) is 4.99. The molecule has 0 aliphatic heterocycles. The summed E-state index contributed by atoms with van der Waals surface area (Å²) in [6, 6.07) is 6.60. The third kappa shape index (κ3) is 1.89. The smallest absolute Gasteiger partial charge is 0.141 e. The van der Waals surface area contributed by atoms with Crippen molar-refractivity contribution in [1.82, 2.24) is 0 Å². The van der Waals surface area contributed by atoms with Crippen LogP contribution in [0.4, 0.5) is 5.69 Å². The summed E-state index contributed by atoms with van der Waals surface area (Å²) in [6.45, 7) is 6.40. The lowest BCUT2D eigenvalue weighted by atomic mass is 9.64. The molecule has 19 heavy (non-hydrogen) atoms. The Labute approximate surface area is 115 Å². The minimum absolute atomic E-state index is 0.203. The first kappa shape index (κ1) is 12.7. The van der Waals surface area contributed by atoms with Crippen molar-refractivity contribution in [2.45, 2.75) is 51.4 Å². The van der Waals surface area contributed by atoms with Gasteiger partial charge in [0.05, 0.1) is 5.92 Å². The summed E-state index contributed by atoms with van der Waals surface area (Å²) in [6.07, 6.45) is 4.28.